The minimum absolute atomic E-state index is 0.176. The van der Waals surface area contributed by atoms with E-state index in [2.05, 4.69) is 4.90 Å². The second kappa shape index (κ2) is 10.8. The minimum Gasteiger partial charge on any atom is -0.379 e. The van der Waals surface area contributed by atoms with Gasteiger partial charge < -0.3 is 9.26 Å². The third kappa shape index (κ3) is 9.58. The van der Waals surface area contributed by atoms with Crippen molar-refractivity contribution in [1.82, 2.24) is 4.90 Å². The Balaban J connectivity index is 2.33. The number of hydrogen-bond acceptors (Lipinski definition) is 8. The first-order chi connectivity index (χ1) is 12.0. The van der Waals surface area contributed by atoms with Crippen LogP contribution in [0.1, 0.15) is 41.0 Å². The number of morpholine rings is 1. The fourth-order valence-corrected chi connectivity index (χ4v) is 7.22. The molecule has 6 nitrogen and oxygen atoms in total. The van der Waals surface area contributed by atoms with E-state index in [1.807, 2.05) is 34.6 Å². The van der Waals surface area contributed by atoms with E-state index in [-0.39, 0.29) is 10.5 Å². The molecule has 0 aliphatic carbocycles. The second-order valence-electron chi connectivity index (χ2n) is 7.89. The minimum atomic E-state index is -3.18. The molecule has 0 N–H and O–H groups in total. The molecular weight excluding hydrogens is 393 g/mol. The summed E-state index contributed by atoms with van der Waals surface area (Å²) in [4.78, 5) is 14.9. The van der Waals surface area contributed by atoms with Crippen molar-refractivity contribution in [3.63, 3.8) is 0 Å². The van der Waals surface area contributed by atoms with Gasteiger partial charge in [-0.1, -0.05) is 25.6 Å². The highest BCUT2D eigenvalue weighted by Gasteiger charge is 2.32. The summed E-state index contributed by atoms with van der Waals surface area (Å²) in [7, 11) is 1.40. The summed E-state index contributed by atoms with van der Waals surface area (Å²) in [5.74, 6) is 1.13. The van der Waals surface area contributed by atoms with Gasteiger partial charge in [-0.3, -0.25) is 14.2 Å². The lowest BCUT2D eigenvalue weighted by Crippen LogP contribution is -2.39. The molecule has 1 heterocycles. The maximum atomic E-state index is 12.5. The van der Waals surface area contributed by atoms with Gasteiger partial charge in [0, 0.05) is 37.1 Å². The van der Waals surface area contributed by atoms with Crippen molar-refractivity contribution in [3.05, 3.63) is 0 Å². The molecule has 0 bridgehead atoms. The van der Waals surface area contributed by atoms with Gasteiger partial charge in [0.05, 0.1) is 18.8 Å². The number of ether oxygens (including phenoxy) is 1. The summed E-state index contributed by atoms with van der Waals surface area (Å²) in [5, 5.41) is 0.176. The molecule has 1 atom stereocenters. The van der Waals surface area contributed by atoms with Crippen molar-refractivity contribution in [2.24, 2.45) is 5.41 Å². The molecule has 1 aliphatic heterocycles. The van der Waals surface area contributed by atoms with Gasteiger partial charge in [0.2, 0.25) is 0 Å². The first-order valence-corrected chi connectivity index (χ1v) is 13.1. The lowest BCUT2D eigenvalue weighted by Gasteiger charge is -2.30. The molecule has 0 saturated carbocycles. The predicted octanol–water partition coefficient (Wildman–Crippen LogP) is 4.30. The fourth-order valence-electron chi connectivity index (χ4n) is 2.29. The number of hydrogen-bond donors (Lipinski definition) is 0. The van der Waals surface area contributed by atoms with Gasteiger partial charge in [0.15, 0.2) is 5.12 Å². The molecule has 1 saturated heterocycles. The van der Waals surface area contributed by atoms with Crippen LogP contribution in [-0.4, -0.2) is 67.1 Å². The highest BCUT2D eigenvalue weighted by atomic mass is 32.7. The van der Waals surface area contributed by atoms with Gasteiger partial charge in [-0.25, -0.2) is 4.57 Å². The molecule has 1 aliphatic rings. The fraction of sp³-hybridized carbons (Fsp3) is 0.941. The molecule has 154 valence electrons. The standard InChI is InChI=1S/C17H34NO5PS2/c1-16(2,3)23-24(20,21-6)26-14-13-25-15(19)17(4,5)7-8-18-9-11-22-12-10-18/h7-14H2,1-6H3. The first kappa shape index (κ1) is 24.5. The van der Waals surface area contributed by atoms with Crippen LogP contribution < -0.4 is 0 Å². The first-order valence-electron chi connectivity index (χ1n) is 8.96. The molecule has 0 radical (unpaired) electrons. The lowest BCUT2D eigenvalue weighted by molar-refractivity contribution is -0.118. The number of rotatable bonds is 10. The topological polar surface area (TPSA) is 65.1 Å². The maximum absolute atomic E-state index is 12.5. The van der Waals surface area contributed by atoms with E-state index in [0.29, 0.717) is 11.5 Å². The van der Waals surface area contributed by atoms with Crippen LogP contribution in [0.4, 0.5) is 0 Å². The van der Waals surface area contributed by atoms with Crippen molar-refractivity contribution >= 4 is 35.1 Å². The monoisotopic (exact) mass is 427 g/mol. The largest absolute Gasteiger partial charge is 0.389 e. The van der Waals surface area contributed by atoms with E-state index >= 15 is 0 Å². The summed E-state index contributed by atoms with van der Waals surface area (Å²) >= 11 is 2.46. The lowest BCUT2D eigenvalue weighted by atomic mass is 9.91. The van der Waals surface area contributed by atoms with E-state index in [1.165, 1.54) is 18.9 Å². The molecule has 0 amide bonds. The smallest absolute Gasteiger partial charge is 0.379 e. The molecule has 26 heavy (non-hydrogen) atoms. The Labute approximate surface area is 166 Å². The molecule has 1 rings (SSSR count). The van der Waals surface area contributed by atoms with Crippen LogP contribution in [0.25, 0.3) is 0 Å². The molecule has 0 spiro atoms. The van der Waals surface area contributed by atoms with Crippen LogP contribution >= 0.6 is 29.9 Å². The molecule has 0 aromatic rings. The Morgan fingerprint density at radius 2 is 1.77 bits per heavy atom. The molecule has 9 heteroatoms. The predicted molar refractivity (Wildman–Crippen MR) is 111 cm³/mol. The Morgan fingerprint density at radius 3 is 2.31 bits per heavy atom. The van der Waals surface area contributed by atoms with Gasteiger partial charge in [0.25, 0.3) is 0 Å². The average molecular weight is 428 g/mol. The van der Waals surface area contributed by atoms with Crippen LogP contribution in [0.3, 0.4) is 0 Å². The van der Waals surface area contributed by atoms with Crippen molar-refractivity contribution in [2.45, 2.75) is 46.6 Å². The second-order valence-corrected chi connectivity index (χ2v) is 13.2. The van der Waals surface area contributed by atoms with Crippen molar-refractivity contribution in [1.29, 1.82) is 0 Å². The highest BCUT2D eigenvalue weighted by Crippen LogP contribution is 2.62. The zero-order valence-corrected chi connectivity index (χ0v) is 19.4. The highest BCUT2D eigenvalue weighted by molar-refractivity contribution is 8.55. The van der Waals surface area contributed by atoms with E-state index in [4.69, 9.17) is 13.8 Å². The van der Waals surface area contributed by atoms with Crippen LogP contribution in [-0.2, 0) is 23.1 Å². The van der Waals surface area contributed by atoms with Gasteiger partial charge in [0.1, 0.15) is 0 Å². The Morgan fingerprint density at radius 1 is 1.15 bits per heavy atom. The van der Waals surface area contributed by atoms with Crippen LogP contribution in [0.5, 0.6) is 0 Å². The number of thioether (sulfide) groups is 1. The van der Waals surface area contributed by atoms with E-state index in [0.717, 1.165) is 50.7 Å². The molecule has 0 aromatic carbocycles. The van der Waals surface area contributed by atoms with Crippen molar-refractivity contribution < 1.29 is 23.1 Å². The zero-order chi connectivity index (χ0) is 19.8. The van der Waals surface area contributed by atoms with Crippen LogP contribution in [0.15, 0.2) is 0 Å². The Bertz CT molecular complexity index is 490. The number of carbonyl (C=O) groups excluding carboxylic acids is 1. The third-order valence-electron chi connectivity index (χ3n) is 3.88. The van der Waals surface area contributed by atoms with Crippen LogP contribution in [0, 0.1) is 5.41 Å². The molecular formula is C17H34NO5PS2. The average Bonchev–Trinajstić information content (AvgIpc) is 2.56. The summed E-state index contributed by atoms with van der Waals surface area (Å²) in [6, 6.07) is 0. The zero-order valence-electron chi connectivity index (χ0n) is 16.9. The maximum Gasteiger partial charge on any atom is 0.389 e. The SMILES string of the molecule is COP(=O)(OC(C)(C)C)SCCSC(=O)C(C)(C)CCN1CCOCC1. The van der Waals surface area contributed by atoms with Crippen LogP contribution in [0.2, 0.25) is 0 Å². The van der Waals surface area contributed by atoms with Gasteiger partial charge >= 0.3 is 6.80 Å². The summed E-state index contributed by atoms with van der Waals surface area (Å²) in [5.41, 5.74) is -0.913. The Kier molecular flexibility index (Phi) is 10.2. The van der Waals surface area contributed by atoms with Gasteiger partial charge in [-0.05, 0) is 45.1 Å². The van der Waals surface area contributed by atoms with Gasteiger partial charge in [-0.15, -0.1) is 0 Å². The van der Waals surface area contributed by atoms with Crippen molar-refractivity contribution in [2.75, 3.05) is 51.5 Å². The van der Waals surface area contributed by atoms with E-state index in [1.54, 1.807) is 0 Å². The van der Waals surface area contributed by atoms with Crippen molar-refractivity contribution in [3.8, 4) is 0 Å². The van der Waals surface area contributed by atoms with E-state index in [9.17, 15) is 9.36 Å². The molecule has 1 fully saturated rings. The Hall–Kier alpha value is 0.440. The number of carbonyl (C=O) groups is 1. The summed E-state index contributed by atoms with van der Waals surface area (Å²) in [6.45, 7) is 10.7. The van der Waals surface area contributed by atoms with E-state index < -0.39 is 12.4 Å². The third-order valence-corrected chi connectivity index (χ3v) is 9.45. The number of nitrogens with zero attached hydrogens (tertiary/aromatic N) is 1. The van der Waals surface area contributed by atoms with Gasteiger partial charge in [-0.2, -0.15) is 0 Å². The summed E-state index contributed by atoms with van der Waals surface area (Å²) < 4.78 is 28.5. The molecule has 0 aromatic heterocycles. The quantitative estimate of drug-likeness (QED) is 0.378. The normalized spacial score (nSPS) is 19.3. The molecule has 1 unspecified atom stereocenters. The summed E-state index contributed by atoms with van der Waals surface area (Å²) in [6.07, 6.45) is 0.829.